The van der Waals surface area contributed by atoms with Gasteiger partial charge in [0.15, 0.2) is 5.70 Å². The first kappa shape index (κ1) is 23.3. The lowest BCUT2D eigenvalue weighted by molar-refractivity contribution is -0.384. The van der Waals surface area contributed by atoms with E-state index >= 15 is 0 Å². The topological polar surface area (TPSA) is 114 Å². The van der Waals surface area contributed by atoms with Crippen molar-refractivity contribution in [2.24, 2.45) is 9.98 Å². The summed E-state index contributed by atoms with van der Waals surface area (Å²) in [7, 11) is 0. The second-order valence-corrected chi connectivity index (χ2v) is 9.21. The minimum absolute atomic E-state index is 0.0249. The van der Waals surface area contributed by atoms with E-state index in [0.717, 1.165) is 50.0 Å². The SMILES string of the molecule is CC1=C(C(=O)O)N=c2c1c(C)c1c(c2-c2cccc(OCc3ccc([N+](=O)[O-])cc3)c2)-c2ccccc2N=1. The molecule has 0 spiro atoms. The summed E-state index contributed by atoms with van der Waals surface area (Å²) < 4.78 is 6.04. The minimum Gasteiger partial charge on any atom is -0.489 e. The zero-order chi connectivity index (χ0) is 26.6. The second kappa shape index (κ2) is 8.77. The van der Waals surface area contributed by atoms with Crippen molar-refractivity contribution >= 4 is 22.9 Å². The van der Waals surface area contributed by atoms with E-state index in [-0.39, 0.29) is 18.0 Å². The molecule has 0 unspecified atom stereocenters. The number of nitro groups is 1. The summed E-state index contributed by atoms with van der Waals surface area (Å²) in [5.41, 5.74) is 7.56. The van der Waals surface area contributed by atoms with Crippen LogP contribution in [0.4, 0.5) is 11.4 Å². The number of nitro benzene ring substituents is 1. The van der Waals surface area contributed by atoms with E-state index in [1.807, 2.05) is 55.5 Å². The third-order valence-corrected chi connectivity index (χ3v) is 6.93. The minimum atomic E-state index is -1.07. The lowest BCUT2D eigenvalue weighted by atomic mass is 9.88. The summed E-state index contributed by atoms with van der Waals surface area (Å²) in [6.45, 7) is 3.98. The Hall–Kier alpha value is -5.11. The van der Waals surface area contributed by atoms with Gasteiger partial charge in [0.1, 0.15) is 12.4 Å². The molecule has 4 aromatic carbocycles. The summed E-state index contributed by atoms with van der Waals surface area (Å²) in [5.74, 6) is -0.463. The number of para-hydroxylation sites is 1. The molecule has 6 rings (SSSR count). The third-order valence-electron chi connectivity index (χ3n) is 6.93. The molecule has 0 bridgehead atoms. The zero-order valence-electron chi connectivity index (χ0n) is 20.6. The number of aliphatic carboxylic acids is 1. The number of ether oxygens (including phenoxy) is 1. The molecule has 0 amide bonds. The van der Waals surface area contributed by atoms with E-state index in [0.29, 0.717) is 16.7 Å². The Kier molecular flexibility index (Phi) is 5.38. The van der Waals surface area contributed by atoms with E-state index in [1.165, 1.54) is 12.1 Å². The molecule has 0 aliphatic carbocycles. The highest BCUT2D eigenvalue weighted by atomic mass is 16.6. The van der Waals surface area contributed by atoms with E-state index < -0.39 is 10.9 Å². The van der Waals surface area contributed by atoms with Crippen LogP contribution in [0.3, 0.4) is 0 Å². The van der Waals surface area contributed by atoms with Crippen molar-refractivity contribution in [1.82, 2.24) is 0 Å². The van der Waals surface area contributed by atoms with Crippen LogP contribution >= 0.6 is 0 Å². The van der Waals surface area contributed by atoms with Gasteiger partial charge < -0.3 is 9.84 Å². The van der Waals surface area contributed by atoms with Crippen molar-refractivity contribution in [3.05, 3.63) is 116 Å². The lowest BCUT2D eigenvalue weighted by Crippen LogP contribution is -2.22. The maximum Gasteiger partial charge on any atom is 0.354 e. The molecule has 0 saturated carbocycles. The summed E-state index contributed by atoms with van der Waals surface area (Å²) in [5, 5.41) is 22.2. The molecule has 0 saturated heterocycles. The quantitative estimate of drug-likeness (QED) is 0.242. The number of hydrogen-bond donors (Lipinski definition) is 1. The maximum absolute atomic E-state index is 12.0. The molecular formula is C30H21N3O5. The van der Waals surface area contributed by atoms with Crippen LogP contribution in [0.15, 0.2) is 88.5 Å². The largest absolute Gasteiger partial charge is 0.489 e. The molecule has 4 aromatic rings. The van der Waals surface area contributed by atoms with E-state index in [9.17, 15) is 20.0 Å². The molecule has 2 aliphatic rings. The molecule has 0 radical (unpaired) electrons. The van der Waals surface area contributed by atoms with Gasteiger partial charge in [0.05, 0.1) is 21.3 Å². The molecule has 2 heterocycles. The molecule has 0 aromatic heterocycles. The first-order valence-electron chi connectivity index (χ1n) is 12.0. The highest BCUT2D eigenvalue weighted by molar-refractivity contribution is 6.00. The Bertz CT molecular complexity index is 1840. The van der Waals surface area contributed by atoms with Crippen LogP contribution in [-0.4, -0.2) is 16.0 Å². The normalized spacial score (nSPS) is 12.8. The Morgan fingerprint density at radius 3 is 2.42 bits per heavy atom. The number of benzene rings is 4. The molecule has 186 valence electrons. The summed E-state index contributed by atoms with van der Waals surface area (Å²) >= 11 is 0. The molecule has 1 N–H and O–H groups in total. The summed E-state index contributed by atoms with van der Waals surface area (Å²) in [6.07, 6.45) is 0. The van der Waals surface area contributed by atoms with Crippen LogP contribution in [0, 0.1) is 17.0 Å². The number of non-ortho nitro benzene ring substituents is 1. The fraction of sp³-hybridized carbons (Fsp3) is 0.100. The first-order valence-corrected chi connectivity index (χ1v) is 12.0. The van der Waals surface area contributed by atoms with Gasteiger partial charge in [-0.3, -0.25) is 10.1 Å². The number of allylic oxidation sites excluding steroid dienone is 1. The van der Waals surface area contributed by atoms with Crippen molar-refractivity contribution in [3.63, 3.8) is 0 Å². The van der Waals surface area contributed by atoms with Crippen molar-refractivity contribution in [3.8, 4) is 28.0 Å². The smallest absolute Gasteiger partial charge is 0.354 e. The number of carboxylic acids is 1. The highest BCUT2D eigenvalue weighted by Crippen LogP contribution is 2.40. The van der Waals surface area contributed by atoms with Crippen molar-refractivity contribution < 1.29 is 19.6 Å². The van der Waals surface area contributed by atoms with Crippen LogP contribution in [0.25, 0.3) is 27.8 Å². The number of carboxylic acid groups (broad SMARTS) is 1. The number of carbonyl (C=O) groups is 1. The molecule has 8 nitrogen and oxygen atoms in total. The fourth-order valence-electron chi connectivity index (χ4n) is 5.15. The highest BCUT2D eigenvalue weighted by Gasteiger charge is 2.30. The Balaban J connectivity index is 1.48. The number of nitrogens with zero attached hydrogens (tertiary/aromatic N) is 3. The van der Waals surface area contributed by atoms with E-state index in [4.69, 9.17) is 9.73 Å². The van der Waals surface area contributed by atoms with Crippen LogP contribution < -0.4 is 15.5 Å². The van der Waals surface area contributed by atoms with Gasteiger partial charge in [-0.25, -0.2) is 14.8 Å². The van der Waals surface area contributed by atoms with Gasteiger partial charge in [0, 0.05) is 34.4 Å². The predicted molar refractivity (Wildman–Crippen MR) is 142 cm³/mol. The molecular weight excluding hydrogens is 482 g/mol. The second-order valence-electron chi connectivity index (χ2n) is 9.21. The number of hydrogen-bond acceptors (Lipinski definition) is 6. The van der Waals surface area contributed by atoms with Crippen molar-refractivity contribution in [2.45, 2.75) is 20.5 Å². The summed E-state index contributed by atoms with van der Waals surface area (Å²) in [6, 6.07) is 21.7. The van der Waals surface area contributed by atoms with Crippen LogP contribution in [0.1, 0.15) is 23.6 Å². The van der Waals surface area contributed by atoms with Gasteiger partial charge in [-0.1, -0.05) is 30.3 Å². The molecule has 8 heteroatoms. The van der Waals surface area contributed by atoms with Crippen molar-refractivity contribution in [2.75, 3.05) is 0 Å². The molecule has 2 aliphatic heterocycles. The standard InChI is InChI=1S/C30H21N3O5/c1-16-24-17(2)28(30(34)35)32-29(24)25(26-22-8-3-4-9-23(22)31-27(16)26)19-6-5-7-21(14-19)38-15-18-10-12-20(13-11-18)33(36)37/h3-14H,15H2,1-2H3,(H,34,35). The van der Waals surface area contributed by atoms with Crippen LogP contribution in [0.5, 0.6) is 5.75 Å². The maximum atomic E-state index is 12.0. The molecule has 0 fully saturated rings. The van der Waals surface area contributed by atoms with Gasteiger partial charge in [0.25, 0.3) is 5.69 Å². The Labute approximate surface area is 217 Å². The first-order chi connectivity index (χ1) is 18.3. The van der Waals surface area contributed by atoms with Gasteiger partial charge in [-0.05, 0) is 66.4 Å². The average molecular weight is 504 g/mol. The lowest BCUT2D eigenvalue weighted by Gasteiger charge is -2.14. The Morgan fingerprint density at radius 2 is 1.68 bits per heavy atom. The van der Waals surface area contributed by atoms with Crippen LogP contribution in [0.2, 0.25) is 0 Å². The van der Waals surface area contributed by atoms with Gasteiger partial charge in [-0.15, -0.1) is 0 Å². The third kappa shape index (κ3) is 3.66. The predicted octanol–water partition coefficient (Wildman–Crippen LogP) is 5.53. The van der Waals surface area contributed by atoms with Gasteiger partial charge >= 0.3 is 5.97 Å². The molecule has 38 heavy (non-hydrogen) atoms. The van der Waals surface area contributed by atoms with E-state index in [1.54, 1.807) is 19.1 Å². The number of fused-ring (bicyclic) bond motifs is 4. The van der Waals surface area contributed by atoms with Crippen molar-refractivity contribution in [1.29, 1.82) is 0 Å². The average Bonchev–Trinajstić information content (AvgIpc) is 3.47. The fourth-order valence-corrected chi connectivity index (χ4v) is 5.15. The van der Waals surface area contributed by atoms with E-state index in [2.05, 4.69) is 4.99 Å². The number of rotatable bonds is 6. The monoisotopic (exact) mass is 503 g/mol. The molecule has 0 atom stereocenters. The van der Waals surface area contributed by atoms with Gasteiger partial charge in [-0.2, -0.15) is 0 Å². The Morgan fingerprint density at radius 1 is 0.921 bits per heavy atom. The van der Waals surface area contributed by atoms with Gasteiger partial charge in [0.2, 0.25) is 0 Å². The zero-order valence-corrected chi connectivity index (χ0v) is 20.6. The van der Waals surface area contributed by atoms with Crippen LogP contribution in [-0.2, 0) is 11.4 Å². The summed E-state index contributed by atoms with van der Waals surface area (Å²) in [4.78, 5) is 32.0.